The van der Waals surface area contributed by atoms with Gasteiger partial charge in [0, 0.05) is 29.2 Å². The van der Waals surface area contributed by atoms with Crippen molar-refractivity contribution >= 4 is 33.7 Å². The van der Waals surface area contributed by atoms with Crippen molar-refractivity contribution in [2.45, 2.75) is 40.8 Å². The van der Waals surface area contributed by atoms with Gasteiger partial charge in [0.1, 0.15) is 12.4 Å². The molecule has 0 spiro atoms. The molecule has 0 radical (unpaired) electrons. The lowest BCUT2D eigenvalue weighted by Crippen LogP contribution is -2.09. The van der Waals surface area contributed by atoms with E-state index in [0.717, 1.165) is 40.4 Å². The number of anilines is 1. The van der Waals surface area contributed by atoms with Crippen LogP contribution in [0.5, 0.6) is 5.75 Å². The number of carbonyl (C=O) groups excluding carboxylic acids is 1. The van der Waals surface area contributed by atoms with Gasteiger partial charge in [0.05, 0.1) is 16.3 Å². The molecule has 0 saturated carbocycles. The van der Waals surface area contributed by atoms with E-state index >= 15 is 0 Å². The van der Waals surface area contributed by atoms with Crippen LogP contribution >= 0.6 is 22.7 Å². The molecule has 0 fully saturated rings. The summed E-state index contributed by atoms with van der Waals surface area (Å²) in [6.45, 7) is 9.34. The smallest absolute Gasteiger partial charge is 0.267 e. The molecule has 0 bridgehead atoms. The van der Waals surface area contributed by atoms with E-state index in [2.05, 4.69) is 28.4 Å². The van der Waals surface area contributed by atoms with Crippen LogP contribution in [0.1, 0.15) is 39.0 Å². The Morgan fingerprint density at radius 1 is 1.16 bits per heavy atom. The van der Waals surface area contributed by atoms with Crippen molar-refractivity contribution in [2.24, 2.45) is 0 Å². The Labute approximate surface area is 189 Å². The average molecular weight is 453 g/mol. The Bertz CT molecular complexity index is 1220. The quantitative estimate of drug-likeness (QED) is 0.382. The molecular weight excluding hydrogens is 428 g/mol. The van der Waals surface area contributed by atoms with E-state index < -0.39 is 0 Å². The third kappa shape index (κ3) is 4.86. The van der Waals surface area contributed by atoms with Gasteiger partial charge in [0.2, 0.25) is 0 Å². The highest BCUT2D eigenvalue weighted by Gasteiger charge is 2.15. The first-order valence-corrected chi connectivity index (χ1v) is 11.8. The van der Waals surface area contributed by atoms with Crippen molar-refractivity contribution in [1.29, 1.82) is 0 Å². The van der Waals surface area contributed by atoms with Gasteiger partial charge >= 0.3 is 0 Å². The zero-order chi connectivity index (χ0) is 22.0. The van der Waals surface area contributed by atoms with Crippen LogP contribution in [0.3, 0.4) is 0 Å². The van der Waals surface area contributed by atoms with Crippen molar-refractivity contribution in [3.63, 3.8) is 0 Å². The van der Waals surface area contributed by atoms with Crippen LogP contribution in [0, 0.1) is 20.8 Å². The molecule has 0 atom stereocenters. The summed E-state index contributed by atoms with van der Waals surface area (Å²) in [5, 5.41) is 11.8. The Hall–Kier alpha value is -2.97. The highest BCUT2D eigenvalue weighted by molar-refractivity contribution is 7.14. The highest BCUT2D eigenvalue weighted by Crippen LogP contribution is 2.28. The molecular formula is C23H24N4O2S2. The van der Waals surface area contributed by atoms with Gasteiger partial charge in [-0.15, -0.1) is 22.7 Å². The number of carbonyl (C=O) groups is 1. The van der Waals surface area contributed by atoms with E-state index in [1.54, 1.807) is 0 Å². The van der Waals surface area contributed by atoms with E-state index in [1.807, 2.05) is 60.6 Å². The van der Waals surface area contributed by atoms with Crippen molar-refractivity contribution < 1.29 is 9.53 Å². The van der Waals surface area contributed by atoms with Crippen LogP contribution in [0.4, 0.5) is 5.13 Å². The fourth-order valence-corrected chi connectivity index (χ4v) is 4.74. The number of aromatic nitrogens is 3. The molecule has 3 aromatic heterocycles. The number of thiazole rings is 1. The lowest BCUT2D eigenvalue weighted by atomic mass is 10.1. The molecule has 1 aromatic carbocycles. The summed E-state index contributed by atoms with van der Waals surface area (Å²) < 4.78 is 7.81. The maximum atomic E-state index is 12.7. The Kier molecular flexibility index (Phi) is 6.20. The zero-order valence-electron chi connectivity index (χ0n) is 17.9. The summed E-state index contributed by atoms with van der Waals surface area (Å²) in [6, 6.07) is 7.98. The fourth-order valence-electron chi connectivity index (χ4n) is 3.24. The summed E-state index contributed by atoms with van der Waals surface area (Å²) >= 11 is 2.81. The second-order valence-electron chi connectivity index (χ2n) is 7.35. The molecule has 1 N–H and O–H groups in total. The van der Waals surface area contributed by atoms with Gasteiger partial charge in [-0.05, 0) is 50.8 Å². The molecule has 1 amide bonds. The van der Waals surface area contributed by atoms with Crippen LogP contribution in [-0.4, -0.2) is 20.7 Å². The fraction of sp³-hybridized carbons (Fsp3) is 0.261. The van der Waals surface area contributed by atoms with E-state index in [9.17, 15) is 4.79 Å². The third-order valence-corrected chi connectivity index (χ3v) is 6.61. The van der Waals surface area contributed by atoms with Crippen LogP contribution in [0.15, 0.2) is 41.2 Å². The van der Waals surface area contributed by atoms with Gasteiger partial charge in [0.25, 0.3) is 5.91 Å². The van der Waals surface area contributed by atoms with E-state index in [0.29, 0.717) is 16.6 Å². The molecule has 0 saturated heterocycles. The Morgan fingerprint density at radius 2 is 2.00 bits per heavy atom. The predicted octanol–water partition coefficient (Wildman–Crippen LogP) is 5.84. The maximum absolute atomic E-state index is 12.7. The minimum Gasteiger partial charge on any atom is -0.489 e. The van der Waals surface area contributed by atoms with E-state index in [1.165, 1.54) is 28.2 Å². The second kappa shape index (κ2) is 9.03. The van der Waals surface area contributed by atoms with Crippen LogP contribution < -0.4 is 10.1 Å². The Morgan fingerprint density at radius 3 is 2.74 bits per heavy atom. The number of benzene rings is 1. The van der Waals surface area contributed by atoms with Crippen LogP contribution in [0.2, 0.25) is 0 Å². The number of hydrogen-bond acceptors (Lipinski definition) is 6. The number of amides is 1. The van der Waals surface area contributed by atoms with Crippen molar-refractivity contribution in [3.05, 3.63) is 68.5 Å². The molecule has 8 heteroatoms. The molecule has 0 aliphatic rings. The maximum Gasteiger partial charge on any atom is 0.267 e. The first-order valence-electron chi connectivity index (χ1n) is 10.0. The summed E-state index contributed by atoms with van der Waals surface area (Å²) in [6.07, 6.45) is 1.98. The lowest BCUT2D eigenvalue weighted by Gasteiger charge is -2.08. The molecule has 0 aliphatic heterocycles. The molecule has 4 aromatic rings. The summed E-state index contributed by atoms with van der Waals surface area (Å²) in [5.41, 5.74) is 6.02. The van der Waals surface area contributed by atoms with Gasteiger partial charge in [-0.3, -0.25) is 14.8 Å². The van der Waals surface area contributed by atoms with Gasteiger partial charge < -0.3 is 4.74 Å². The third-order valence-electron chi connectivity index (χ3n) is 4.87. The molecule has 0 unspecified atom stereocenters. The zero-order valence-corrected chi connectivity index (χ0v) is 19.6. The number of nitrogens with one attached hydrogen (secondary N) is 1. The average Bonchev–Trinajstić information content (AvgIpc) is 3.47. The number of aryl methyl sites for hydroxylation is 4. The second-order valence-corrected chi connectivity index (χ2v) is 9.12. The first kappa shape index (κ1) is 21.3. The van der Waals surface area contributed by atoms with Gasteiger partial charge in [0.15, 0.2) is 5.13 Å². The topological polar surface area (TPSA) is 69.0 Å². The van der Waals surface area contributed by atoms with Gasteiger partial charge in [-0.2, -0.15) is 5.10 Å². The number of nitrogens with zero attached hydrogens (tertiary/aromatic N) is 3. The van der Waals surface area contributed by atoms with Crippen LogP contribution in [0.25, 0.3) is 11.3 Å². The molecule has 4 rings (SSSR count). The van der Waals surface area contributed by atoms with E-state index in [4.69, 9.17) is 4.74 Å². The number of hydrogen-bond donors (Lipinski definition) is 1. The number of thiophene rings is 1. The standard InChI is InChI=1S/C23H24N4O2S2/c1-5-27-10-18(16(4)26-27)19-13-31-23(24-19)25-22(28)21-9-17(12-30-21)11-29-20-7-6-14(2)8-15(20)3/h6-10,12-13H,5,11H2,1-4H3,(H,24,25,28). The molecule has 31 heavy (non-hydrogen) atoms. The van der Waals surface area contributed by atoms with Gasteiger partial charge in [-0.1, -0.05) is 17.7 Å². The summed E-state index contributed by atoms with van der Waals surface area (Å²) in [4.78, 5) is 17.9. The van der Waals surface area contributed by atoms with Crippen molar-refractivity contribution in [2.75, 3.05) is 5.32 Å². The molecule has 6 nitrogen and oxygen atoms in total. The largest absolute Gasteiger partial charge is 0.489 e. The van der Waals surface area contributed by atoms with Gasteiger partial charge in [-0.25, -0.2) is 4.98 Å². The lowest BCUT2D eigenvalue weighted by molar-refractivity contribution is 0.103. The predicted molar refractivity (Wildman–Crippen MR) is 126 cm³/mol. The molecule has 3 heterocycles. The Balaban J connectivity index is 1.39. The normalized spacial score (nSPS) is 11.0. The minimum absolute atomic E-state index is 0.162. The van der Waals surface area contributed by atoms with E-state index in [-0.39, 0.29) is 5.91 Å². The first-order chi connectivity index (χ1) is 14.9. The summed E-state index contributed by atoms with van der Waals surface area (Å²) in [7, 11) is 0. The molecule has 160 valence electrons. The summed E-state index contributed by atoms with van der Waals surface area (Å²) in [5.74, 6) is 0.699. The van der Waals surface area contributed by atoms with Crippen molar-refractivity contribution in [3.8, 4) is 17.0 Å². The monoisotopic (exact) mass is 452 g/mol. The minimum atomic E-state index is -0.162. The molecule has 0 aliphatic carbocycles. The highest BCUT2D eigenvalue weighted by atomic mass is 32.1. The number of ether oxygens (including phenoxy) is 1. The van der Waals surface area contributed by atoms with Crippen molar-refractivity contribution in [1.82, 2.24) is 14.8 Å². The van der Waals surface area contributed by atoms with Crippen LogP contribution in [-0.2, 0) is 13.2 Å². The SMILES string of the molecule is CCn1cc(-c2csc(NC(=O)c3cc(COc4ccc(C)cc4C)cs3)n2)c(C)n1. The number of rotatable bonds is 7.